The molecule has 0 radical (unpaired) electrons. The summed E-state index contributed by atoms with van der Waals surface area (Å²) in [4.78, 5) is 11.3. The van der Waals surface area contributed by atoms with Crippen LogP contribution in [0, 0.1) is 0 Å². The van der Waals surface area contributed by atoms with Gasteiger partial charge in [0.2, 0.25) is 0 Å². The maximum atomic E-state index is 11.1. The van der Waals surface area contributed by atoms with Crippen molar-refractivity contribution in [1.82, 2.24) is 4.37 Å². The number of carbonyl (C=O) groups excluding carboxylic acids is 1. The third kappa shape index (κ3) is 2.22. The largest absolute Gasteiger partial charge is 0.396 e. The molecule has 4 nitrogen and oxygen atoms in total. The van der Waals surface area contributed by atoms with Gasteiger partial charge in [-0.15, -0.1) is 0 Å². The highest BCUT2D eigenvalue weighted by Crippen LogP contribution is 2.35. The summed E-state index contributed by atoms with van der Waals surface area (Å²) in [6.07, 6.45) is 0. The molecule has 1 amide bonds. The number of nitrogen functional groups attached to an aromatic ring is 1. The molecule has 1 heterocycles. The predicted molar refractivity (Wildman–Crippen MR) is 70.5 cm³/mol. The minimum absolute atomic E-state index is 0.228. The predicted octanol–water partition coefficient (Wildman–Crippen LogP) is 2.80. The molecule has 0 aliphatic heterocycles. The van der Waals surface area contributed by atoms with E-state index in [1.165, 1.54) is 0 Å². The van der Waals surface area contributed by atoms with Gasteiger partial charge < -0.3 is 11.5 Å². The topological polar surface area (TPSA) is 82.0 Å². The smallest absolute Gasteiger partial charge is 0.262 e. The van der Waals surface area contributed by atoms with Crippen LogP contribution in [0.2, 0.25) is 10.0 Å². The van der Waals surface area contributed by atoms with Gasteiger partial charge in [-0.05, 0) is 29.7 Å². The molecule has 0 aliphatic carbocycles. The zero-order valence-electron chi connectivity index (χ0n) is 8.41. The highest BCUT2D eigenvalue weighted by Gasteiger charge is 2.18. The lowest BCUT2D eigenvalue weighted by Gasteiger charge is -2.02. The lowest BCUT2D eigenvalue weighted by molar-refractivity contribution is 0.100. The van der Waals surface area contributed by atoms with Crippen LogP contribution in [0.1, 0.15) is 9.67 Å². The van der Waals surface area contributed by atoms with E-state index in [-0.39, 0.29) is 10.6 Å². The van der Waals surface area contributed by atoms with E-state index in [9.17, 15) is 4.79 Å². The Bertz CT molecular complexity index is 597. The zero-order chi connectivity index (χ0) is 12.6. The molecule has 0 unspecified atom stereocenters. The first-order valence-corrected chi connectivity index (χ1v) is 6.04. The van der Waals surface area contributed by atoms with Crippen molar-refractivity contribution in [2.75, 3.05) is 5.73 Å². The van der Waals surface area contributed by atoms with Crippen molar-refractivity contribution < 1.29 is 4.79 Å². The minimum atomic E-state index is -0.601. The van der Waals surface area contributed by atoms with Gasteiger partial charge >= 0.3 is 0 Å². The van der Waals surface area contributed by atoms with Crippen LogP contribution < -0.4 is 11.5 Å². The first-order chi connectivity index (χ1) is 8.00. The molecule has 0 spiro atoms. The second-order valence-electron chi connectivity index (χ2n) is 3.26. The molecule has 0 saturated heterocycles. The second-order valence-corrected chi connectivity index (χ2v) is 4.88. The molecule has 88 valence electrons. The van der Waals surface area contributed by atoms with Gasteiger partial charge in [0.15, 0.2) is 0 Å². The number of hydrogen-bond donors (Lipinski definition) is 2. The maximum Gasteiger partial charge on any atom is 0.262 e. The van der Waals surface area contributed by atoms with Crippen molar-refractivity contribution in [3.8, 4) is 11.3 Å². The fourth-order valence-corrected chi connectivity index (χ4v) is 2.51. The van der Waals surface area contributed by atoms with Crippen molar-refractivity contribution >= 4 is 46.3 Å². The molecule has 2 rings (SSSR count). The number of rotatable bonds is 2. The average molecular weight is 288 g/mol. The number of benzene rings is 1. The molecule has 0 aliphatic rings. The fraction of sp³-hybridized carbons (Fsp3) is 0. The average Bonchev–Trinajstić information content (AvgIpc) is 2.60. The zero-order valence-corrected chi connectivity index (χ0v) is 10.7. The molecule has 0 saturated carbocycles. The summed E-state index contributed by atoms with van der Waals surface area (Å²) in [6, 6.07) is 4.95. The summed E-state index contributed by atoms with van der Waals surface area (Å²) < 4.78 is 4.09. The monoisotopic (exact) mass is 287 g/mol. The highest BCUT2D eigenvalue weighted by atomic mass is 35.5. The van der Waals surface area contributed by atoms with Gasteiger partial charge in [-0.3, -0.25) is 4.79 Å². The minimum Gasteiger partial charge on any atom is -0.396 e. The lowest BCUT2D eigenvalue weighted by Crippen LogP contribution is -2.10. The van der Waals surface area contributed by atoms with E-state index in [1.54, 1.807) is 18.2 Å². The number of halogens is 2. The first kappa shape index (κ1) is 12.2. The van der Waals surface area contributed by atoms with Gasteiger partial charge in [-0.2, -0.15) is 4.37 Å². The number of anilines is 1. The van der Waals surface area contributed by atoms with Crippen LogP contribution in [0.3, 0.4) is 0 Å². The standard InChI is InChI=1S/C10H7Cl2N3OS/c11-4-1-2-5(6(12)3-4)8-7(13)9(10(14)16)17-15-8/h1-3H,13H2,(H2,14,16). The van der Waals surface area contributed by atoms with E-state index < -0.39 is 5.91 Å². The summed E-state index contributed by atoms with van der Waals surface area (Å²) >= 11 is 12.8. The second kappa shape index (κ2) is 4.52. The van der Waals surface area contributed by atoms with E-state index in [4.69, 9.17) is 34.7 Å². The molecule has 17 heavy (non-hydrogen) atoms. The molecule has 1 aromatic heterocycles. The lowest BCUT2D eigenvalue weighted by atomic mass is 10.1. The Kier molecular flexibility index (Phi) is 3.24. The van der Waals surface area contributed by atoms with Gasteiger partial charge in [0, 0.05) is 10.6 Å². The van der Waals surface area contributed by atoms with Crippen LogP contribution in [0.5, 0.6) is 0 Å². The SMILES string of the molecule is NC(=O)c1snc(-c2ccc(Cl)cc2Cl)c1N. The molecule has 0 atom stereocenters. The number of primary amides is 1. The molecule has 4 N–H and O–H groups in total. The molecule has 7 heteroatoms. The number of amides is 1. The van der Waals surface area contributed by atoms with Gasteiger partial charge in [-0.25, -0.2) is 0 Å². The Morgan fingerprint density at radius 1 is 1.35 bits per heavy atom. The van der Waals surface area contributed by atoms with Gasteiger partial charge in [0.05, 0.1) is 10.7 Å². The molecule has 0 fully saturated rings. The summed E-state index contributed by atoms with van der Waals surface area (Å²) in [5.41, 5.74) is 12.3. The Labute approximate surface area is 111 Å². The third-order valence-corrected chi connectivity index (χ3v) is 3.56. The van der Waals surface area contributed by atoms with Crippen LogP contribution in [-0.2, 0) is 0 Å². The van der Waals surface area contributed by atoms with E-state index in [0.717, 1.165) is 11.5 Å². The first-order valence-electron chi connectivity index (χ1n) is 4.51. The third-order valence-electron chi connectivity index (χ3n) is 2.14. The number of hydrogen-bond acceptors (Lipinski definition) is 4. The van der Waals surface area contributed by atoms with Crippen LogP contribution >= 0.6 is 34.7 Å². The van der Waals surface area contributed by atoms with Crippen LogP contribution in [0.25, 0.3) is 11.3 Å². The Hall–Kier alpha value is -1.30. The van der Waals surface area contributed by atoms with Crippen LogP contribution in [0.15, 0.2) is 18.2 Å². The Morgan fingerprint density at radius 3 is 2.59 bits per heavy atom. The van der Waals surface area contributed by atoms with Crippen molar-refractivity contribution in [2.24, 2.45) is 5.73 Å². The Balaban J connectivity index is 2.57. The number of nitrogens with zero attached hydrogens (tertiary/aromatic N) is 1. The maximum absolute atomic E-state index is 11.1. The number of aromatic nitrogens is 1. The van der Waals surface area contributed by atoms with E-state index >= 15 is 0 Å². The summed E-state index contributed by atoms with van der Waals surface area (Å²) in [5.74, 6) is -0.601. The molecule has 1 aromatic carbocycles. The van der Waals surface area contributed by atoms with Crippen LogP contribution in [0.4, 0.5) is 5.69 Å². The molecule has 2 aromatic rings. The fourth-order valence-electron chi connectivity index (χ4n) is 1.35. The number of carbonyl (C=O) groups is 1. The van der Waals surface area contributed by atoms with Gasteiger partial charge in [0.25, 0.3) is 5.91 Å². The van der Waals surface area contributed by atoms with Gasteiger partial charge in [-0.1, -0.05) is 23.2 Å². The van der Waals surface area contributed by atoms with E-state index in [0.29, 0.717) is 21.3 Å². The summed E-state index contributed by atoms with van der Waals surface area (Å²) in [7, 11) is 0. The van der Waals surface area contributed by atoms with Crippen LogP contribution in [-0.4, -0.2) is 10.3 Å². The molecular weight excluding hydrogens is 281 g/mol. The molecule has 0 bridgehead atoms. The Morgan fingerprint density at radius 2 is 2.06 bits per heavy atom. The van der Waals surface area contributed by atoms with Gasteiger partial charge in [0.1, 0.15) is 10.6 Å². The van der Waals surface area contributed by atoms with Crippen molar-refractivity contribution in [2.45, 2.75) is 0 Å². The summed E-state index contributed by atoms with van der Waals surface area (Å²) in [6.45, 7) is 0. The normalized spacial score (nSPS) is 10.5. The highest BCUT2D eigenvalue weighted by molar-refractivity contribution is 7.09. The number of nitrogens with two attached hydrogens (primary N) is 2. The van der Waals surface area contributed by atoms with Crippen molar-refractivity contribution in [3.63, 3.8) is 0 Å². The van der Waals surface area contributed by atoms with E-state index in [2.05, 4.69) is 4.37 Å². The van der Waals surface area contributed by atoms with Crippen molar-refractivity contribution in [1.29, 1.82) is 0 Å². The summed E-state index contributed by atoms with van der Waals surface area (Å²) in [5, 5.41) is 0.938. The van der Waals surface area contributed by atoms with Crippen molar-refractivity contribution in [3.05, 3.63) is 33.1 Å². The quantitative estimate of drug-likeness (QED) is 0.891. The molecular formula is C10H7Cl2N3OS. The van der Waals surface area contributed by atoms with E-state index in [1.807, 2.05) is 0 Å².